The molecule has 2 aromatic carbocycles. The molecule has 0 fully saturated rings. The average molecular weight is 458 g/mol. The summed E-state index contributed by atoms with van der Waals surface area (Å²) in [5, 5.41) is 3.93. The van der Waals surface area contributed by atoms with Crippen LogP contribution in [0.4, 0.5) is 0 Å². The van der Waals surface area contributed by atoms with E-state index < -0.39 is 16.0 Å². The van der Waals surface area contributed by atoms with E-state index in [1.165, 1.54) is 28.6 Å². The second-order valence-electron chi connectivity index (χ2n) is 6.94. The first kappa shape index (κ1) is 21.8. The Morgan fingerprint density at radius 2 is 1.75 bits per heavy atom. The lowest BCUT2D eigenvalue weighted by molar-refractivity contribution is 0.0464. The summed E-state index contributed by atoms with van der Waals surface area (Å²) in [6, 6.07) is 12.7. The fourth-order valence-electron chi connectivity index (χ4n) is 3.26. The van der Waals surface area contributed by atoms with Gasteiger partial charge in [-0.3, -0.25) is 0 Å². The highest BCUT2D eigenvalue weighted by molar-refractivity contribution is 7.89. The van der Waals surface area contributed by atoms with Gasteiger partial charge >= 0.3 is 5.97 Å². The van der Waals surface area contributed by atoms with Gasteiger partial charge in [-0.25, -0.2) is 13.2 Å². The lowest BCUT2D eigenvalue weighted by Gasteiger charge is -2.18. The molecule has 9 nitrogen and oxygen atoms in total. The molecular formula is C22H22N2O7S. The van der Waals surface area contributed by atoms with Crippen LogP contribution in [0.15, 0.2) is 57.9 Å². The number of benzene rings is 2. The van der Waals surface area contributed by atoms with E-state index in [2.05, 4.69) is 5.16 Å². The summed E-state index contributed by atoms with van der Waals surface area (Å²) in [6.07, 6.45) is 0. The van der Waals surface area contributed by atoms with Crippen molar-refractivity contribution in [1.29, 1.82) is 0 Å². The van der Waals surface area contributed by atoms with E-state index in [0.717, 1.165) is 5.56 Å². The monoisotopic (exact) mass is 458 g/mol. The molecule has 32 heavy (non-hydrogen) atoms. The molecule has 10 heteroatoms. The third kappa shape index (κ3) is 4.32. The maximum atomic E-state index is 12.5. The third-order valence-corrected chi connectivity index (χ3v) is 7.06. The van der Waals surface area contributed by atoms with Gasteiger partial charge in [0.25, 0.3) is 0 Å². The van der Waals surface area contributed by atoms with Crippen molar-refractivity contribution in [1.82, 2.24) is 9.46 Å². The van der Waals surface area contributed by atoms with E-state index in [9.17, 15) is 13.2 Å². The number of ether oxygens (including phenoxy) is 3. The van der Waals surface area contributed by atoms with Crippen molar-refractivity contribution < 1.29 is 31.9 Å². The SMILES string of the molecule is CCN(CC)S(=O)(=O)c1ccc(C(=O)OCc2cc(-c3ccc4c(c3)OCO4)on2)cc1. The molecular weight excluding hydrogens is 436 g/mol. The molecule has 1 aromatic heterocycles. The second kappa shape index (κ2) is 9.01. The zero-order chi connectivity index (χ0) is 22.7. The van der Waals surface area contributed by atoms with Crippen LogP contribution in [0.25, 0.3) is 11.3 Å². The fourth-order valence-corrected chi connectivity index (χ4v) is 4.72. The van der Waals surface area contributed by atoms with Crippen molar-refractivity contribution in [3.05, 3.63) is 59.8 Å². The lowest BCUT2D eigenvalue weighted by atomic mass is 10.1. The molecule has 0 saturated heterocycles. The summed E-state index contributed by atoms with van der Waals surface area (Å²) in [7, 11) is -3.58. The van der Waals surface area contributed by atoms with Gasteiger partial charge in [0.2, 0.25) is 16.8 Å². The molecule has 3 aromatic rings. The van der Waals surface area contributed by atoms with Crippen LogP contribution in [0.5, 0.6) is 11.5 Å². The number of esters is 1. The molecule has 1 aliphatic heterocycles. The van der Waals surface area contributed by atoms with Crippen LogP contribution >= 0.6 is 0 Å². The van der Waals surface area contributed by atoms with E-state index in [-0.39, 0.29) is 23.9 Å². The first-order chi connectivity index (χ1) is 15.4. The summed E-state index contributed by atoms with van der Waals surface area (Å²) in [5.74, 6) is 1.20. The number of aromatic nitrogens is 1. The van der Waals surface area contributed by atoms with Gasteiger partial charge in [-0.1, -0.05) is 19.0 Å². The van der Waals surface area contributed by atoms with Crippen LogP contribution in [0, 0.1) is 0 Å². The van der Waals surface area contributed by atoms with Gasteiger partial charge in [-0.2, -0.15) is 4.31 Å². The summed E-state index contributed by atoms with van der Waals surface area (Å²) in [4.78, 5) is 12.5. The molecule has 0 saturated carbocycles. The quantitative estimate of drug-likeness (QED) is 0.472. The van der Waals surface area contributed by atoms with Crippen LogP contribution in [-0.2, 0) is 21.4 Å². The van der Waals surface area contributed by atoms with Gasteiger partial charge in [0.05, 0.1) is 10.5 Å². The Morgan fingerprint density at radius 1 is 1.03 bits per heavy atom. The Labute approximate surface area is 185 Å². The maximum Gasteiger partial charge on any atom is 0.338 e. The Morgan fingerprint density at radius 3 is 2.47 bits per heavy atom. The van der Waals surface area contributed by atoms with Gasteiger partial charge < -0.3 is 18.7 Å². The molecule has 0 aliphatic carbocycles. The number of carbonyl (C=O) groups is 1. The molecule has 4 rings (SSSR count). The Kier molecular flexibility index (Phi) is 6.15. The van der Waals surface area contributed by atoms with Crippen LogP contribution in [0.2, 0.25) is 0 Å². The largest absolute Gasteiger partial charge is 0.455 e. The van der Waals surface area contributed by atoms with E-state index in [1.54, 1.807) is 32.0 Å². The normalized spacial score (nSPS) is 12.8. The van der Waals surface area contributed by atoms with Crippen molar-refractivity contribution in [2.75, 3.05) is 19.9 Å². The van der Waals surface area contributed by atoms with E-state index in [4.69, 9.17) is 18.7 Å². The average Bonchev–Trinajstić information content (AvgIpc) is 3.47. The zero-order valence-corrected chi connectivity index (χ0v) is 18.4. The van der Waals surface area contributed by atoms with Crippen molar-refractivity contribution in [3.8, 4) is 22.8 Å². The second-order valence-corrected chi connectivity index (χ2v) is 8.88. The van der Waals surface area contributed by atoms with E-state index in [1.807, 2.05) is 6.07 Å². The Bertz CT molecular complexity index is 1220. The first-order valence-electron chi connectivity index (χ1n) is 10.0. The summed E-state index contributed by atoms with van der Waals surface area (Å²) >= 11 is 0. The highest BCUT2D eigenvalue weighted by Crippen LogP contribution is 2.36. The van der Waals surface area contributed by atoms with Gasteiger partial charge in [-0.05, 0) is 42.5 Å². The fraction of sp³-hybridized carbons (Fsp3) is 0.273. The van der Waals surface area contributed by atoms with Crippen LogP contribution < -0.4 is 9.47 Å². The molecule has 0 radical (unpaired) electrons. The van der Waals surface area contributed by atoms with Crippen LogP contribution in [-0.4, -0.2) is 43.7 Å². The summed E-state index contributed by atoms with van der Waals surface area (Å²) in [5.41, 5.74) is 1.43. The topological polar surface area (TPSA) is 108 Å². The predicted molar refractivity (Wildman–Crippen MR) is 114 cm³/mol. The summed E-state index contributed by atoms with van der Waals surface area (Å²) < 4.78 is 47.7. The van der Waals surface area contributed by atoms with Crippen molar-refractivity contribution >= 4 is 16.0 Å². The number of hydrogen-bond donors (Lipinski definition) is 0. The number of carbonyl (C=O) groups excluding carboxylic acids is 1. The molecule has 0 spiro atoms. The maximum absolute atomic E-state index is 12.5. The molecule has 0 atom stereocenters. The van der Waals surface area contributed by atoms with Gasteiger partial charge in [0.1, 0.15) is 12.3 Å². The molecule has 0 bridgehead atoms. The standard InChI is InChI=1S/C22H22N2O7S/c1-3-24(4-2)32(26,27)18-8-5-15(6-9-18)22(25)28-13-17-12-20(31-23-17)16-7-10-19-21(11-16)30-14-29-19/h5-12H,3-4,13-14H2,1-2H3. The molecule has 0 N–H and O–H groups in total. The zero-order valence-electron chi connectivity index (χ0n) is 17.6. The highest BCUT2D eigenvalue weighted by atomic mass is 32.2. The minimum atomic E-state index is -3.58. The smallest absolute Gasteiger partial charge is 0.338 e. The van der Waals surface area contributed by atoms with Gasteiger partial charge in [0.15, 0.2) is 17.3 Å². The summed E-state index contributed by atoms with van der Waals surface area (Å²) in [6.45, 7) is 4.37. The van der Waals surface area contributed by atoms with Crippen molar-refractivity contribution in [3.63, 3.8) is 0 Å². The number of sulfonamides is 1. The first-order valence-corrected chi connectivity index (χ1v) is 11.5. The van der Waals surface area contributed by atoms with Gasteiger partial charge in [0, 0.05) is 24.7 Å². The Hall–Kier alpha value is -3.37. The Balaban J connectivity index is 1.39. The highest BCUT2D eigenvalue weighted by Gasteiger charge is 2.22. The van der Waals surface area contributed by atoms with Crippen LogP contribution in [0.1, 0.15) is 29.9 Å². The van der Waals surface area contributed by atoms with Crippen molar-refractivity contribution in [2.24, 2.45) is 0 Å². The minimum absolute atomic E-state index is 0.0909. The lowest BCUT2D eigenvalue weighted by Crippen LogP contribution is -2.30. The van der Waals surface area contributed by atoms with E-state index >= 15 is 0 Å². The predicted octanol–water partition coefficient (Wildman–Crippen LogP) is 3.46. The third-order valence-electron chi connectivity index (χ3n) is 5.00. The van der Waals surface area contributed by atoms with E-state index in [0.29, 0.717) is 36.0 Å². The van der Waals surface area contributed by atoms with Crippen molar-refractivity contribution in [2.45, 2.75) is 25.3 Å². The van der Waals surface area contributed by atoms with Gasteiger partial charge in [-0.15, -0.1) is 0 Å². The number of fused-ring (bicyclic) bond motifs is 1. The molecule has 1 aliphatic rings. The number of rotatable bonds is 8. The molecule has 0 amide bonds. The minimum Gasteiger partial charge on any atom is -0.455 e. The van der Waals surface area contributed by atoms with Crippen LogP contribution in [0.3, 0.4) is 0 Å². The number of hydrogen-bond acceptors (Lipinski definition) is 8. The molecule has 0 unspecified atom stereocenters. The molecule has 168 valence electrons. The molecule has 2 heterocycles. The number of nitrogens with zero attached hydrogens (tertiary/aromatic N) is 2.